The lowest BCUT2D eigenvalue weighted by Crippen LogP contribution is -2.08. The van der Waals surface area contributed by atoms with Gasteiger partial charge in [-0.2, -0.15) is 0 Å². The third-order valence-corrected chi connectivity index (χ3v) is 3.09. The van der Waals surface area contributed by atoms with Crippen molar-refractivity contribution in [1.29, 1.82) is 0 Å². The molecule has 1 heterocycles. The van der Waals surface area contributed by atoms with Crippen LogP contribution in [0.5, 0.6) is 17.2 Å². The van der Waals surface area contributed by atoms with Gasteiger partial charge >= 0.3 is 5.63 Å². The normalized spacial score (nSPS) is 10.8. The second kappa shape index (κ2) is 6.32. The Morgan fingerprint density at radius 2 is 2.00 bits per heavy atom. The predicted octanol–water partition coefficient (Wildman–Crippen LogP) is 3.16. The molecule has 1 aromatic carbocycles. The van der Waals surface area contributed by atoms with Gasteiger partial charge in [0.2, 0.25) is 5.75 Å². The fraction of sp³-hybridized carbons (Fsp3) is 0.400. The number of hydrogen-bond donors (Lipinski definition) is 2. The molecule has 5 nitrogen and oxygen atoms in total. The summed E-state index contributed by atoms with van der Waals surface area (Å²) in [5, 5.41) is 19.9. The van der Waals surface area contributed by atoms with Crippen molar-refractivity contribution in [2.45, 2.75) is 32.6 Å². The van der Waals surface area contributed by atoms with Gasteiger partial charge in [0.25, 0.3) is 0 Å². The van der Waals surface area contributed by atoms with E-state index in [2.05, 4.69) is 6.92 Å². The first-order chi connectivity index (χ1) is 9.65. The van der Waals surface area contributed by atoms with Crippen LogP contribution in [0.25, 0.3) is 11.0 Å². The van der Waals surface area contributed by atoms with Gasteiger partial charge in [-0.25, -0.2) is 4.79 Å². The van der Waals surface area contributed by atoms with Crippen LogP contribution in [-0.2, 0) is 0 Å². The van der Waals surface area contributed by atoms with Crippen molar-refractivity contribution in [2.24, 2.45) is 0 Å². The number of para-hydroxylation sites is 1. The minimum atomic E-state index is -0.785. The summed E-state index contributed by atoms with van der Waals surface area (Å²) >= 11 is 0. The molecule has 0 aliphatic carbocycles. The molecule has 5 heteroatoms. The highest BCUT2D eigenvalue weighted by atomic mass is 16.5. The summed E-state index contributed by atoms with van der Waals surface area (Å²) in [4.78, 5) is 11.8. The summed E-state index contributed by atoms with van der Waals surface area (Å²) in [5.41, 5.74) is -0.819. The zero-order valence-electron chi connectivity index (χ0n) is 11.4. The minimum absolute atomic E-state index is 0.0340. The molecule has 0 atom stereocenters. The Labute approximate surface area is 116 Å². The van der Waals surface area contributed by atoms with E-state index in [1.165, 1.54) is 6.07 Å². The van der Waals surface area contributed by atoms with Crippen molar-refractivity contribution in [3.8, 4) is 17.2 Å². The molecule has 0 aliphatic heterocycles. The van der Waals surface area contributed by atoms with E-state index in [4.69, 9.17) is 9.15 Å². The van der Waals surface area contributed by atoms with Crippen molar-refractivity contribution in [3.63, 3.8) is 0 Å². The topological polar surface area (TPSA) is 79.9 Å². The van der Waals surface area contributed by atoms with E-state index in [1.807, 2.05) is 0 Å². The van der Waals surface area contributed by atoms with Gasteiger partial charge in [-0.1, -0.05) is 32.3 Å². The van der Waals surface area contributed by atoms with Crippen LogP contribution >= 0.6 is 0 Å². The van der Waals surface area contributed by atoms with Crippen LogP contribution in [0.4, 0.5) is 0 Å². The van der Waals surface area contributed by atoms with E-state index in [0.717, 1.165) is 25.7 Å². The molecule has 20 heavy (non-hydrogen) atoms. The van der Waals surface area contributed by atoms with Crippen molar-refractivity contribution in [1.82, 2.24) is 0 Å². The monoisotopic (exact) mass is 278 g/mol. The molecule has 0 radical (unpaired) electrons. The van der Waals surface area contributed by atoms with Crippen LogP contribution in [0.3, 0.4) is 0 Å². The van der Waals surface area contributed by atoms with Crippen molar-refractivity contribution in [3.05, 3.63) is 28.6 Å². The molecular formula is C15H18O5. The molecule has 0 amide bonds. The van der Waals surface area contributed by atoms with Gasteiger partial charge in [0.1, 0.15) is 0 Å². The Balaban J connectivity index is 2.24. The van der Waals surface area contributed by atoms with E-state index in [1.54, 1.807) is 12.1 Å². The number of phenolic OH excluding ortho intramolecular Hbond substituents is 1. The highest BCUT2D eigenvalue weighted by Gasteiger charge is 2.17. The van der Waals surface area contributed by atoms with Crippen LogP contribution < -0.4 is 10.4 Å². The van der Waals surface area contributed by atoms with E-state index >= 15 is 0 Å². The summed E-state index contributed by atoms with van der Waals surface area (Å²) in [6.07, 6.45) is 4.04. The van der Waals surface area contributed by atoms with Gasteiger partial charge < -0.3 is 19.4 Å². The number of rotatable bonds is 6. The fourth-order valence-electron chi connectivity index (χ4n) is 2.01. The summed E-state index contributed by atoms with van der Waals surface area (Å²) in [5.74, 6) is -0.674. The maximum atomic E-state index is 11.8. The molecule has 2 rings (SSSR count). The Morgan fingerprint density at radius 1 is 1.20 bits per heavy atom. The largest absolute Gasteiger partial charge is 0.504 e. The number of phenols is 1. The van der Waals surface area contributed by atoms with Gasteiger partial charge in [-0.05, 0) is 18.6 Å². The highest BCUT2D eigenvalue weighted by molar-refractivity contribution is 5.89. The molecule has 0 fully saturated rings. The molecule has 0 spiro atoms. The molecule has 2 N–H and O–H groups in total. The van der Waals surface area contributed by atoms with E-state index < -0.39 is 5.63 Å². The van der Waals surface area contributed by atoms with Gasteiger partial charge in [0.15, 0.2) is 17.1 Å². The third-order valence-electron chi connectivity index (χ3n) is 3.09. The lowest BCUT2D eigenvalue weighted by molar-refractivity contribution is 0.275. The molecule has 0 unspecified atom stereocenters. The first-order valence-electron chi connectivity index (χ1n) is 6.75. The van der Waals surface area contributed by atoms with E-state index in [9.17, 15) is 15.0 Å². The number of benzene rings is 1. The van der Waals surface area contributed by atoms with Crippen molar-refractivity contribution < 1.29 is 19.4 Å². The average Bonchev–Trinajstić information content (AvgIpc) is 2.43. The average molecular weight is 278 g/mol. The maximum absolute atomic E-state index is 11.8. The van der Waals surface area contributed by atoms with Crippen molar-refractivity contribution >= 4 is 11.0 Å². The molecule has 108 valence electrons. The second-order valence-electron chi connectivity index (χ2n) is 4.63. The zero-order valence-corrected chi connectivity index (χ0v) is 11.4. The first-order valence-corrected chi connectivity index (χ1v) is 6.75. The quantitative estimate of drug-likeness (QED) is 0.626. The fourth-order valence-corrected chi connectivity index (χ4v) is 2.01. The van der Waals surface area contributed by atoms with Gasteiger partial charge in [0, 0.05) is 0 Å². The van der Waals surface area contributed by atoms with Crippen LogP contribution in [-0.4, -0.2) is 16.8 Å². The number of ether oxygens (including phenoxy) is 1. The molecule has 0 saturated heterocycles. The number of hydrogen-bond acceptors (Lipinski definition) is 5. The Hall–Kier alpha value is -2.17. The Bertz CT molecular complexity index is 644. The van der Waals surface area contributed by atoms with Gasteiger partial charge in [-0.3, -0.25) is 0 Å². The second-order valence-corrected chi connectivity index (χ2v) is 4.63. The standard InChI is InChI=1S/C15H18O5/c1-2-3-4-5-9-19-14-12(17)10-7-6-8-11(16)13(10)20-15(14)18/h6-8,16-17H,2-5,9H2,1H3. The zero-order chi connectivity index (χ0) is 14.5. The molecule has 2 aromatic rings. The number of fused-ring (bicyclic) bond motifs is 1. The van der Waals surface area contributed by atoms with Crippen LogP contribution in [0.1, 0.15) is 32.6 Å². The van der Waals surface area contributed by atoms with Gasteiger partial charge in [0.05, 0.1) is 12.0 Å². The molecule has 0 aliphatic rings. The summed E-state index contributed by atoms with van der Waals surface area (Å²) in [6, 6.07) is 4.50. The predicted molar refractivity (Wildman–Crippen MR) is 75.5 cm³/mol. The SMILES string of the molecule is CCCCCCOc1c(O)c2cccc(O)c2oc1=O. The summed E-state index contributed by atoms with van der Waals surface area (Å²) < 4.78 is 10.3. The summed E-state index contributed by atoms with van der Waals surface area (Å²) in [6.45, 7) is 2.46. The summed E-state index contributed by atoms with van der Waals surface area (Å²) in [7, 11) is 0. The minimum Gasteiger partial charge on any atom is -0.504 e. The molecule has 0 bridgehead atoms. The lowest BCUT2D eigenvalue weighted by Gasteiger charge is -2.08. The van der Waals surface area contributed by atoms with Crippen LogP contribution in [0, 0.1) is 0 Å². The third kappa shape index (κ3) is 2.87. The molecular weight excluding hydrogens is 260 g/mol. The van der Waals surface area contributed by atoms with Crippen LogP contribution in [0.15, 0.2) is 27.4 Å². The molecule has 0 saturated carbocycles. The van der Waals surface area contributed by atoms with Gasteiger partial charge in [-0.15, -0.1) is 0 Å². The maximum Gasteiger partial charge on any atom is 0.383 e. The Kier molecular flexibility index (Phi) is 4.50. The Morgan fingerprint density at radius 3 is 2.75 bits per heavy atom. The smallest absolute Gasteiger partial charge is 0.383 e. The first kappa shape index (κ1) is 14.2. The highest BCUT2D eigenvalue weighted by Crippen LogP contribution is 2.35. The van der Waals surface area contributed by atoms with E-state index in [0.29, 0.717) is 6.61 Å². The number of aromatic hydroxyl groups is 2. The lowest BCUT2D eigenvalue weighted by atomic mass is 10.2. The van der Waals surface area contributed by atoms with Crippen molar-refractivity contribution in [2.75, 3.05) is 6.61 Å². The number of unbranched alkanes of at least 4 members (excludes halogenated alkanes) is 3. The molecule has 1 aromatic heterocycles. The van der Waals surface area contributed by atoms with E-state index in [-0.39, 0.29) is 28.2 Å². The van der Waals surface area contributed by atoms with Crippen LogP contribution in [0.2, 0.25) is 0 Å².